The quantitative estimate of drug-likeness (QED) is 0.635. The van der Waals surface area contributed by atoms with Crippen molar-refractivity contribution in [2.24, 2.45) is 0 Å². The van der Waals surface area contributed by atoms with Gasteiger partial charge >= 0.3 is 6.18 Å². The fourth-order valence-corrected chi connectivity index (χ4v) is 4.59. The molecule has 1 unspecified atom stereocenters. The molecule has 9 heteroatoms. The third kappa shape index (κ3) is 4.64. The molecule has 2 N–H and O–H groups in total. The summed E-state index contributed by atoms with van der Waals surface area (Å²) < 4.78 is 36.5. The van der Waals surface area contributed by atoms with Crippen molar-refractivity contribution in [3.63, 3.8) is 0 Å². The van der Waals surface area contributed by atoms with Crippen LogP contribution in [0.4, 0.5) is 13.2 Å². The van der Waals surface area contributed by atoms with Gasteiger partial charge in [-0.2, -0.15) is 13.2 Å². The minimum Gasteiger partial charge on any atom is -0.385 e. The molecule has 3 aromatic heterocycles. The topological polar surface area (TPSA) is 63.0 Å². The van der Waals surface area contributed by atoms with Crippen molar-refractivity contribution in [1.82, 2.24) is 19.9 Å². The predicted molar refractivity (Wildman–Crippen MR) is 106 cm³/mol. The van der Waals surface area contributed by atoms with Gasteiger partial charge < -0.3 is 15.0 Å². The maximum atomic E-state index is 11.0. The smallest absolute Gasteiger partial charge is 0.385 e. The molecule has 0 spiro atoms. The van der Waals surface area contributed by atoms with E-state index in [2.05, 4.69) is 26.0 Å². The van der Waals surface area contributed by atoms with E-state index in [9.17, 15) is 18.3 Å². The van der Waals surface area contributed by atoms with E-state index >= 15 is 0 Å². The van der Waals surface area contributed by atoms with Crippen LogP contribution < -0.4 is 5.32 Å². The Labute approximate surface area is 165 Å². The van der Waals surface area contributed by atoms with Crippen LogP contribution in [0.3, 0.4) is 0 Å². The predicted octanol–water partition coefficient (Wildman–Crippen LogP) is 4.97. The van der Waals surface area contributed by atoms with Gasteiger partial charge in [0.1, 0.15) is 17.4 Å². The molecule has 1 saturated carbocycles. The van der Waals surface area contributed by atoms with Gasteiger partial charge in [-0.25, -0.2) is 4.98 Å². The molecule has 3 heterocycles. The van der Waals surface area contributed by atoms with Gasteiger partial charge in [0.05, 0.1) is 28.5 Å². The second-order valence-electron chi connectivity index (χ2n) is 7.08. The Morgan fingerprint density at radius 2 is 2.00 bits per heavy atom. The minimum absolute atomic E-state index is 0.459. The molecule has 0 amide bonds. The number of imidazole rings is 1. The molecule has 154 valence electrons. The number of pyridine rings is 1. The summed E-state index contributed by atoms with van der Waals surface area (Å²) in [5.74, 6) is 0.791. The summed E-state index contributed by atoms with van der Waals surface area (Å²) in [5, 5.41) is 14.2. The van der Waals surface area contributed by atoms with Gasteiger partial charge in [-0.05, 0) is 38.3 Å². The summed E-state index contributed by atoms with van der Waals surface area (Å²) in [5.41, 5.74) is 3.10. The number of nitrogens with one attached hydrogen (secondary N) is 1. The molecule has 1 aliphatic rings. The van der Waals surface area contributed by atoms with Gasteiger partial charge in [0, 0.05) is 6.04 Å². The lowest BCUT2D eigenvalue weighted by atomic mass is 9.95. The van der Waals surface area contributed by atoms with Crippen molar-refractivity contribution in [3.05, 3.63) is 23.5 Å². The van der Waals surface area contributed by atoms with Crippen molar-refractivity contribution < 1.29 is 18.3 Å². The molecule has 3 aromatic rings. The number of aliphatic hydroxyl groups is 1. The monoisotopic (exact) mass is 414 g/mol. The highest BCUT2D eigenvalue weighted by Crippen LogP contribution is 2.37. The zero-order valence-corrected chi connectivity index (χ0v) is 16.8. The average Bonchev–Trinajstić information content (AvgIpc) is 3.26. The van der Waals surface area contributed by atoms with Crippen LogP contribution in [0.5, 0.6) is 0 Å². The molecule has 0 aromatic carbocycles. The van der Waals surface area contributed by atoms with E-state index < -0.39 is 18.8 Å². The lowest BCUT2D eigenvalue weighted by Crippen LogP contribution is -2.25. The highest BCUT2D eigenvalue weighted by Gasteiger charge is 2.25. The molecule has 0 bridgehead atoms. The van der Waals surface area contributed by atoms with Gasteiger partial charge in [0.25, 0.3) is 0 Å². The van der Waals surface area contributed by atoms with Crippen molar-refractivity contribution in [1.29, 1.82) is 0 Å². The Bertz CT molecular complexity index is 913. The van der Waals surface area contributed by atoms with Crippen LogP contribution >= 0.6 is 11.3 Å². The van der Waals surface area contributed by atoms with Gasteiger partial charge in [-0.3, -0.25) is 4.98 Å². The van der Waals surface area contributed by atoms with Crippen molar-refractivity contribution in [2.45, 2.75) is 57.3 Å². The Kier molecular flexibility index (Phi) is 6.57. The second kappa shape index (κ2) is 8.75. The first-order chi connectivity index (χ1) is 13.3. The van der Waals surface area contributed by atoms with E-state index in [-0.39, 0.29) is 0 Å². The second-order valence-corrected chi connectivity index (χ2v) is 8.00. The van der Waals surface area contributed by atoms with Crippen LogP contribution in [0, 0.1) is 0 Å². The minimum atomic E-state index is -4.06. The molecule has 0 aliphatic heterocycles. The molecule has 0 saturated heterocycles. The van der Waals surface area contributed by atoms with Gasteiger partial charge in [-0.15, -0.1) is 11.3 Å². The summed E-state index contributed by atoms with van der Waals surface area (Å²) in [7, 11) is 1.26. The fourth-order valence-electron chi connectivity index (χ4n) is 3.70. The molecule has 5 nitrogen and oxygen atoms in total. The van der Waals surface area contributed by atoms with Gasteiger partial charge in [0.2, 0.25) is 0 Å². The SMILES string of the molecule is CC(O)c1nc2cnc3ccsc3c2n1C1CCCCC1.CNCC(F)(F)F. The molecule has 28 heavy (non-hydrogen) atoms. The first-order valence-corrected chi connectivity index (χ1v) is 10.3. The van der Waals surface area contributed by atoms with Crippen LogP contribution in [0.1, 0.15) is 57.0 Å². The summed E-state index contributed by atoms with van der Waals surface area (Å²) in [6.07, 6.45) is 3.45. The van der Waals surface area contributed by atoms with Crippen LogP contribution in [0.25, 0.3) is 21.3 Å². The summed E-state index contributed by atoms with van der Waals surface area (Å²) >= 11 is 1.72. The molecular formula is C19H25F3N4OS. The first kappa shape index (κ1) is 21.0. The van der Waals surface area contributed by atoms with Crippen molar-refractivity contribution in [2.75, 3.05) is 13.6 Å². The number of fused-ring (bicyclic) bond motifs is 3. The number of aromatic nitrogens is 3. The average molecular weight is 414 g/mol. The lowest BCUT2D eigenvalue weighted by molar-refractivity contribution is -0.123. The van der Waals surface area contributed by atoms with E-state index in [0.29, 0.717) is 6.04 Å². The Hall–Kier alpha value is -1.71. The highest BCUT2D eigenvalue weighted by molar-refractivity contribution is 7.18. The number of halogens is 3. The van der Waals surface area contributed by atoms with Crippen LogP contribution in [0.15, 0.2) is 17.6 Å². The third-order valence-corrected chi connectivity index (χ3v) is 5.75. The molecule has 1 fully saturated rings. The third-order valence-electron chi connectivity index (χ3n) is 4.84. The van der Waals surface area contributed by atoms with E-state index in [1.807, 2.05) is 11.5 Å². The standard InChI is InChI=1S/C16H19N3OS.C3H6F3N/c1-10(20)16-18-13-9-17-12-7-8-21-15(12)14(13)19(16)11-5-3-2-4-6-11;1-7-2-3(4,5)6/h7-11,20H,2-6H2,1H3;7H,2H2,1H3. The molecular weight excluding hydrogens is 389 g/mol. The van der Waals surface area contributed by atoms with E-state index in [0.717, 1.165) is 22.4 Å². The van der Waals surface area contributed by atoms with E-state index in [4.69, 9.17) is 0 Å². The number of hydrogen-bond acceptors (Lipinski definition) is 5. The molecule has 4 rings (SSSR count). The fraction of sp³-hybridized carbons (Fsp3) is 0.579. The van der Waals surface area contributed by atoms with Gasteiger partial charge in [-0.1, -0.05) is 19.3 Å². The molecule has 1 aliphatic carbocycles. The summed E-state index contributed by atoms with van der Waals surface area (Å²) in [6, 6.07) is 2.51. The number of thiophene rings is 1. The maximum Gasteiger partial charge on any atom is 0.401 e. The van der Waals surface area contributed by atoms with Crippen LogP contribution in [-0.2, 0) is 0 Å². The summed E-state index contributed by atoms with van der Waals surface area (Å²) in [4.78, 5) is 9.16. The Balaban J connectivity index is 0.000000279. The highest BCUT2D eigenvalue weighted by atomic mass is 32.1. The zero-order valence-electron chi connectivity index (χ0n) is 16.0. The van der Waals surface area contributed by atoms with Crippen molar-refractivity contribution >= 4 is 32.6 Å². The summed E-state index contributed by atoms with van der Waals surface area (Å²) in [6.45, 7) is 0.895. The molecule has 1 atom stereocenters. The van der Waals surface area contributed by atoms with Crippen LogP contribution in [-0.4, -0.2) is 39.4 Å². The first-order valence-electron chi connectivity index (χ1n) is 9.45. The molecule has 0 radical (unpaired) electrons. The van der Waals surface area contributed by atoms with Gasteiger partial charge in [0.15, 0.2) is 0 Å². The number of rotatable bonds is 3. The largest absolute Gasteiger partial charge is 0.401 e. The maximum absolute atomic E-state index is 11.0. The lowest BCUT2D eigenvalue weighted by Gasteiger charge is -2.26. The number of aliphatic hydroxyl groups excluding tert-OH is 1. The normalized spacial score (nSPS) is 16.9. The Morgan fingerprint density at radius 1 is 1.29 bits per heavy atom. The Morgan fingerprint density at radius 3 is 2.57 bits per heavy atom. The van der Waals surface area contributed by atoms with Crippen LogP contribution in [0.2, 0.25) is 0 Å². The van der Waals surface area contributed by atoms with E-state index in [1.54, 1.807) is 18.3 Å². The number of alkyl halides is 3. The van der Waals surface area contributed by atoms with E-state index in [1.165, 1.54) is 43.9 Å². The zero-order chi connectivity index (χ0) is 20.3. The van der Waals surface area contributed by atoms with Crippen molar-refractivity contribution in [3.8, 4) is 0 Å². The number of nitrogens with zero attached hydrogens (tertiary/aromatic N) is 3. The number of hydrogen-bond donors (Lipinski definition) is 2.